The summed E-state index contributed by atoms with van der Waals surface area (Å²) >= 11 is 0. The summed E-state index contributed by atoms with van der Waals surface area (Å²) in [7, 11) is 0. The van der Waals surface area contributed by atoms with E-state index in [0.717, 1.165) is 39.8 Å². The monoisotopic (exact) mass is 535 g/mol. The normalized spacial score (nSPS) is 12.3. The van der Waals surface area contributed by atoms with Gasteiger partial charge in [0, 0.05) is 11.8 Å². The van der Waals surface area contributed by atoms with Crippen LogP contribution in [-0.2, 0) is 24.0 Å². The fourth-order valence-corrected chi connectivity index (χ4v) is 4.69. The van der Waals surface area contributed by atoms with E-state index in [0.29, 0.717) is 10.9 Å². The third-order valence-electron chi connectivity index (χ3n) is 6.64. The Morgan fingerprint density at radius 3 is 2.18 bits per heavy atom. The Balaban J connectivity index is 1.62. The highest BCUT2D eigenvalue weighted by Gasteiger charge is 2.30. The SMILES string of the molecule is Cc1cc(C)c(C[C@H](NC(=O)c2ccc3ccccc3c2OCc2ccc(C(F)(F)F)cc2)C(=O)O)c(C)c1. The molecule has 4 rings (SSSR count). The first-order valence-electron chi connectivity index (χ1n) is 12.3. The smallest absolute Gasteiger partial charge is 0.416 e. The lowest BCUT2D eigenvalue weighted by Gasteiger charge is -2.20. The summed E-state index contributed by atoms with van der Waals surface area (Å²) in [5.41, 5.74) is 3.65. The molecule has 0 fully saturated rings. The van der Waals surface area contributed by atoms with Gasteiger partial charge in [-0.15, -0.1) is 0 Å². The van der Waals surface area contributed by atoms with Crippen molar-refractivity contribution in [3.63, 3.8) is 0 Å². The fraction of sp³-hybridized carbons (Fsp3) is 0.226. The number of carboxylic acid groups (broad SMARTS) is 1. The van der Waals surface area contributed by atoms with Crippen LogP contribution in [-0.4, -0.2) is 23.0 Å². The van der Waals surface area contributed by atoms with Gasteiger partial charge in [0.1, 0.15) is 18.4 Å². The third-order valence-corrected chi connectivity index (χ3v) is 6.64. The molecule has 0 spiro atoms. The predicted octanol–water partition coefficient (Wildman–Crippen LogP) is 6.79. The summed E-state index contributed by atoms with van der Waals surface area (Å²) in [4.78, 5) is 25.6. The molecule has 0 heterocycles. The quantitative estimate of drug-likeness (QED) is 0.261. The van der Waals surface area contributed by atoms with Gasteiger partial charge in [-0.25, -0.2) is 4.79 Å². The Morgan fingerprint density at radius 1 is 0.923 bits per heavy atom. The van der Waals surface area contributed by atoms with Gasteiger partial charge < -0.3 is 15.2 Å². The van der Waals surface area contributed by atoms with Crippen LogP contribution in [0.5, 0.6) is 5.75 Å². The molecule has 39 heavy (non-hydrogen) atoms. The minimum Gasteiger partial charge on any atom is -0.487 e. The number of benzene rings is 4. The zero-order valence-electron chi connectivity index (χ0n) is 21.7. The number of amides is 1. The molecule has 0 saturated heterocycles. The van der Waals surface area contributed by atoms with E-state index < -0.39 is 29.7 Å². The molecule has 1 atom stereocenters. The lowest BCUT2D eigenvalue weighted by atomic mass is 9.94. The maximum absolute atomic E-state index is 13.4. The zero-order chi connectivity index (χ0) is 28.3. The maximum atomic E-state index is 13.4. The molecule has 0 aliphatic heterocycles. The van der Waals surface area contributed by atoms with E-state index in [-0.39, 0.29) is 24.3 Å². The average molecular weight is 536 g/mol. The van der Waals surface area contributed by atoms with Gasteiger partial charge in [0.05, 0.1) is 11.1 Å². The Hall–Kier alpha value is -4.33. The first-order chi connectivity index (χ1) is 18.4. The van der Waals surface area contributed by atoms with Crippen LogP contribution in [0.1, 0.15) is 43.7 Å². The van der Waals surface area contributed by atoms with Gasteiger partial charge in [-0.2, -0.15) is 13.2 Å². The molecule has 2 N–H and O–H groups in total. The van der Waals surface area contributed by atoms with Gasteiger partial charge in [-0.05, 0) is 66.6 Å². The topological polar surface area (TPSA) is 75.6 Å². The van der Waals surface area contributed by atoms with Crippen molar-refractivity contribution in [2.75, 3.05) is 0 Å². The molecule has 5 nitrogen and oxygen atoms in total. The van der Waals surface area contributed by atoms with E-state index in [1.54, 1.807) is 24.3 Å². The molecular weight excluding hydrogens is 507 g/mol. The van der Waals surface area contributed by atoms with Crippen molar-refractivity contribution in [3.8, 4) is 5.75 Å². The maximum Gasteiger partial charge on any atom is 0.416 e. The van der Waals surface area contributed by atoms with Crippen LogP contribution in [0.2, 0.25) is 0 Å². The number of carbonyl (C=O) groups is 2. The average Bonchev–Trinajstić information content (AvgIpc) is 2.88. The molecule has 8 heteroatoms. The fourth-order valence-electron chi connectivity index (χ4n) is 4.69. The van der Waals surface area contributed by atoms with Crippen molar-refractivity contribution in [1.82, 2.24) is 5.32 Å². The van der Waals surface area contributed by atoms with E-state index in [1.165, 1.54) is 12.1 Å². The summed E-state index contributed by atoms with van der Waals surface area (Å²) in [6.07, 6.45) is -4.34. The number of halogens is 3. The molecule has 0 aliphatic rings. The highest BCUT2D eigenvalue weighted by molar-refractivity contribution is 6.04. The van der Waals surface area contributed by atoms with Crippen molar-refractivity contribution in [2.24, 2.45) is 0 Å². The van der Waals surface area contributed by atoms with E-state index in [4.69, 9.17) is 4.74 Å². The van der Waals surface area contributed by atoms with Gasteiger partial charge in [0.2, 0.25) is 0 Å². The predicted molar refractivity (Wildman–Crippen MR) is 143 cm³/mol. The number of carbonyl (C=O) groups excluding carboxylic acids is 1. The van der Waals surface area contributed by atoms with Crippen molar-refractivity contribution in [2.45, 2.75) is 46.0 Å². The van der Waals surface area contributed by atoms with E-state index >= 15 is 0 Å². The number of hydrogen-bond donors (Lipinski definition) is 2. The van der Waals surface area contributed by atoms with Gasteiger partial charge >= 0.3 is 12.1 Å². The summed E-state index contributed by atoms with van der Waals surface area (Å²) in [5, 5.41) is 14.0. The molecule has 0 bridgehead atoms. The first kappa shape index (κ1) is 27.7. The minimum absolute atomic E-state index is 0.0868. The van der Waals surface area contributed by atoms with Crippen LogP contribution in [0.15, 0.2) is 72.8 Å². The van der Waals surface area contributed by atoms with E-state index in [9.17, 15) is 27.9 Å². The first-order valence-corrected chi connectivity index (χ1v) is 12.3. The molecule has 0 saturated carbocycles. The van der Waals surface area contributed by atoms with Gasteiger partial charge in [-0.3, -0.25) is 4.79 Å². The molecule has 0 aromatic heterocycles. The summed E-state index contributed by atoms with van der Waals surface area (Å²) in [6, 6.07) is 17.8. The van der Waals surface area contributed by atoms with Gasteiger partial charge in [-0.1, -0.05) is 60.2 Å². The van der Waals surface area contributed by atoms with Crippen LogP contribution in [0, 0.1) is 20.8 Å². The molecular formula is C31H28F3NO4. The molecule has 0 aliphatic carbocycles. The van der Waals surface area contributed by atoms with Crippen molar-refractivity contribution >= 4 is 22.6 Å². The van der Waals surface area contributed by atoms with Crippen LogP contribution in [0.3, 0.4) is 0 Å². The molecule has 4 aromatic carbocycles. The molecule has 4 aromatic rings. The number of ether oxygens (including phenoxy) is 1. The van der Waals surface area contributed by atoms with Crippen LogP contribution < -0.4 is 10.1 Å². The lowest BCUT2D eigenvalue weighted by Crippen LogP contribution is -2.42. The number of carboxylic acids is 1. The Morgan fingerprint density at radius 2 is 1.56 bits per heavy atom. The number of aryl methyl sites for hydroxylation is 3. The minimum atomic E-state index is -4.45. The number of aliphatic carboxylic acids is 1. The Bertz CT molecular complexity index is 1500. The highest BCUT2D eigenvalue weighted by atomic mass is 19.4. The van der Waals surface area contributed by atoms with Crippen LogP contribution in [0.25, 0.3) is 10.8 Å². The number of alkyl halides is 3. The molecule has 0 radical (unpaired) electrons. The second-order valence-corrected chi connectivity index (χ2v) is 9.59. The largest absolute Gasteiger partial charge is 0.487 e. The number of fused-ring (bicyclic) bond motifs is 1. The van der Waals surface area contributed by atoms with E-state index in [1.807, 2.05) is 45.0 Å². The van der Waals surface area contributed by atoms with Crippen LogP contribution in [0.4, 0.5) is 13.2 Å². The third kappa shape index (κ3) is 6.39. The molecule has 1 amide bonds. The van der Waals surface area contributed by atoms with E-state index in [2.05, 4.69) is 5.32 Å². The molecule has 202 valence electrons. The second-order valence-electron chi connectivity index (χ2n) is 9.59. The van der Waals surface area contributed by atoms with Gasteiger partial charge in [0.25, 0.3) is 5.91 Å². The Labute approximate surface area is 224 Å². The van der Waals surface area contributed by atoms with Crippen LogP contribution >= 0.6 is 0 Å². The number of rotatable bonds is 8. The number of nitrogens with one attached hydrogen (secondary N) is 1. The number of hydrogen-bond acceptors (Lipinski definition) is 3. The lowest BCUT2D eigenvalue weighted by molar-refractivity contribution is -0.139. The standard InChI is InChI=1S/C31H28F3NO4/c1-18-14-19(2)26(20(3)15-18)16-27(30(37)38)35-29(36)25-13-10-22-6-4-5-7-24(22)28(25)39-17-21-8-11-23(12-9-21)31(32,33)34/h4-15,27H,16-17H2,1-3H3,(H,35,36)(H,37,38)/t27-/m0/s1. The zero-order valence-corrected chi connectivity index (χ0v) is 21.7. The molecule has 0 unspecified atom stereocenters. The highest BCUT2D eigenvalue weighted by Crippen LogP contribution is 2.32. The van der Waals surface area contributed by atoms with Crippen molar-refractivity contribution in [3.05, 3.63) is 112 Å². The van der Waals surface area contributed by atoms with Gasteiger partial charge in [0.15, 0.2) is 0 Å². The second kappa shape index (κ2) is 11.2. The summed E-state index contributed by atoms with van der Waals surface area (Å²) in [5.74, 6) is -1.58. The summed E-state index contributed by atoms with van der Waals surface area (Å²) in [6.45, 7) is 5.70. The Kier molecular flexibility index (Phi) is 7.95. The van der Waals surface area contributed by atoms with Crippen molar-refractivity contribution < 1.29 is 32.6 Å². The summed E-state index contributed by atoms with van der Waals surface area (Å²) < 4.78 is 44.8. The van der Waals surface area contributed by atoms with Crippen molar-refractivity contribution in [1.29, 1.82) is 0 Å².